The van der Waals surface area contributed by atoms with E-state index in [0.29, 0.717) is 12.3 Å². The van der Waals surface area contributed by atoms with Gasteiger partial charge in [0.15, 0.2) is 17.3 Å². The zero-order chi connectivity index (χ0) is 18.5. The number of fused-ring (bicyclic) bond motifs is 2. The smallest absolute Gasteiger partial charge is 0.231 e. The van der Waals surface area contributed by atoms with Gasteiger partial charge in [-0.1, -0.05) is 35.0 Å². The maximum Gasteiger partial charge on any atom is 0.231 e. The van der Waals surface area contributed by atoms with Crippen molar-refractivity contribution in [3.05, 3.63) is 64.3 Å². The Bertz CT molecular complexity index is 1050. The monoisotopic (exact) mass is 423 g/mol. The number of hydrogen-bond donors (Lipinski definition) is 0. The molecule has 2 aromatic carbocycles. The van der Waals surface area contributed by atoms with Gasteiger partial charge in [-0.3, -0.25) is 4.79 Å². The molecule has 2 heterocycles. The van der Waals surface area contributed by atoms with Gasteiger partial charge in [-0.05, 0) is 48.2 Å². The molecular weight excluding hydrogens is 406 g/mol. The molecule has 0 saturated carbocycles. The van der Waals surface area contributed by atoms with E-state index in [1.165, 1.54) is 0 Å². The molecule has 0 fully saturated rings. The van der Waals surface area contributed by atoms with Gasteiger partial charge in [-0.2, -0.15) is 0 Å². The molecule has 27 heavy (non-hydrogen) atoms. The molecule has 0 amide bonds. The van der Waals surface area contributed by atoms with Gasteiger partial charge < -0.3 is 14.0 Å². The first-order chi connectivity index (χ1) is 13.1. The Kier molecular flexibility index (Phi) is 3.86. The Balaban J connectivity index is 1.75. The van der Waals surface area contributed by atoms with Gasteiger partial charge in [0.1, 0.15) is 0 Å². The molecule has 1 aromatic heterocycles. The van der Waals surface area contributed by atoms with E-state index in [1.54, 1.807) is 0 Å². The Morgan fingerprint density at radius 2 is 1.78 bits per heavy atom. The fraction of sp³-hybridized carbons (Fsp3) is 0.227. The lowest BCUT2D eigenvalue weighted by Gasteiger charge is -2.21. The van der Waals surface area contributed by atoms with Crippen LogP contribution < -0.4 is 9.47 Å². The summed E-state index contributed by atoms with van der Waals surface area (Å²) in [5, 5.41) is 0. The van der Waals surface area contributed by atoms with E-state index in [1.807, 2.05) is 36.4 Å². The zero-order valence-electron chi connectivity index (χ0n) is 14.9. The highest BCUT2D eigenvalue weighted by Crippen LogP contribution is 2.39. The minimum atomic E-state index is 0.224. The molecule has 1 atom stereocenters. The lowest BCUT2D eigenvalue weighted by atomic mass is 9.88. The Hall–Kier alpha value is -2.53. The van der Waals surface area contributed by atoms with E-state index in [-0.39, 0.29) is 12.6 Å². The number of rotatable bonds is 2. The van der Waals surface area contributed by atoms with E-state index >= 15 is 0 Å². The van der Waals surface area contributed by atoms with Crippen molar-refractivity contribution in [3.8, 4) is 28.4 Å². The zero-order valence-corrected chi connectivity index (χ0v) is 16.5. The van der Waals surface area contributed by atoms with Gasteiger partial charge in [-0.25, -0.2) is 0 Å². The highest BCUT2D eigenvalue weighted by atomic mass is 79.9. The summed E-state index contributed by atoms with van der Waals surface area (Å²) < 4.78 is 14.3. The maximum absolute atomic E-state index is 12.7. The summed E-state index contributed by atoms with van der Waals surface area (Å²) in [5.74, 6) is 2.06. The third-order valence-corrected chi connectivity index (χ3v) is 5.76. The first kappa shape index (κ1) is 16.6. The number of halogens is 1. The first-order valence-electron chi connectivity index (χ1n) is 9.04. The number of hydrogen-bond acceptors (Lipinski definition) is 3. The lowest BCUT2D eigenvalue weighted by molar-refractivity contribution is 0.0952. The molecular formula is C22H18BrNO3. The van der Waals surface area contributed by atoms with Crippen LogP contribution in [0.1, 0.15) is 29.4 Å². The molecule has 4 nitrogen and oxygen atoms in total. The number of Topliss-reactive ketones (excluding diaryl/α,β-unsaturated/α-hetero) is 1. The minimum absolute atomic E-state index is 0.224. The largest absolute Gasteiger partial charge is 0.454 e. The van der Waals surface area contributed by atoms with Crippen LogP contribution in [0.25, 0.3) is 16.9 Å². The molecule has 0 radical (unpaired) electrons. The molecule has 5 rings (SSSR count). The normalized spacial score (nSPS) is 17.9. The average Bonchev–Trinajstić information content (AvgIpc) is 3.26. The van der Waals surface area contributed by atoms with Crippen molar-refractivity contribution in [2.75, 3.05) is 6.79 Å². The molecule has 0 unspecified atom stereocenters. The van der Waals surface area contributed by atoms with Crippen LogP contribution in [0.15, 0.2) is 53.0 Å². The Morgan fingerprint density at radius 3 is 2.59 bits per heavy atom. The first-order valence-corrected chi connectivity index (χ1v) is 9.83. The van der Waals surface area contributed by atoms with Gasteiger partial charge in [-0.15, -0.1) is 0 Å². The highest BCUT2D eigenvalue weighted by molar-refractivity contribution is 9.10. The van der Waals surface area contributed by atoms with Crippen LogP contribution in [0.5, 0.6) is 11.5 Å². The van der Waals surface area contributed by atoms with Crippen molar-refractivity contribution in [1.29, 1.82) is 0 Å². The van der Waals surface area contributed by atoms with Crippen molar-refractivity contribution in [1.82, 2.24) is 4.57 Å². The quantitative estimate of drug-likeness (QED) is 0.553. The summed E-state index contributed by atoms with van der Waals surface area (Å²) in [5.41, 5.74) is 5.00. The molecule has 0 N–H and O–H groups in total. The number of carbonyl (C=O) groups is 1. The van der Waals surface area contributed by atoms with E-state index in [9.17, 15) is 4.79 Å². The van der Waals surface area contributed by atoms with E-state index < -0.39 is 0 Å². The van der Waals surface area contributed by atoms with Crippen LogP contribution in [0.4, 0.5) is 0 Å². The van der Waals surface area contributed by atoms with Gasteiger partial charge in [0.2, 0.25) is 6.79 Å². The molecule has 1 aliphatic carbocycles. The number of ether oxygens (including phenoxy) is 2. The van der Waals surface area contributed by atoms with Gasteiger partial charge in [0, 0.05) is 33.9 Å². The van der Waals surface area contributed by atoms with Crippen LogP contribution in [0.2, 0.25) is 0 Å². The third-order valence-electron chi connectivity index (χ3n) is 5.23. The lowest BCUT2D eigenvalue weighted by Crippen LogP contribution is -2.19. The summed E-state index contributed by atoms with van der Waals surface area (Å²) in [7, 11) is 0. The van der Waals surface area contributed by atoms with Crippen LogP contribution in [0.3, 0.4) is 0 Å². The van der Waals surface area contributed by atoms with Crippen molar-refractivity contribution < 1.29 is 14.3 Å². The third kappa shape index (κ3) is 2.77. The Labute approximate surface area is 165 Å². The number of benzene rings is 2. The second kappa shape index (κ2) is 6.27. The molecule has 0 spiro atoms. The van der Waals surface area contributed by atoms with Crippen LogP contribution >= 0.6 is 15.9 Å². The number of ketones is 1. The summed E-state index contributed by atoms with van der Waals surface area (Å²) in [4.78, 5) is 12.7. The van der Waals surface area contributed by atoms with E-state index in [0.717, 1.165) is 50.6 Å². The number of aromatic nitrogens is 1. The van der Waals surface area contributed by atoms with Crippen LogP contribution in [-0.2, 0) is 6.42 Å². The van der Waals surface area contributed by atoms with Gasteiger partial charge in [0.05, 0.1) is 5.69 Å². The maximum atomic E-state index is 12.7. The van der Waals surface area contributed by atoms with Crippen molar-refractivity contribution >= 4 is 21.7 Å². The van der Waals surface area contributed by atoms with Crippen LogP contribution in [0, 0.1) is 5.92 Å². The average molecular weight is 424 g/mol. The fourth-order valence-electron chi connectivity index (χ4n) is 3.97. The van der Waals surface area contributed by atoms with Crippen LogP contribution in [-0.4, -0.2) is 17.1 Å². The second-order valence-corrected chi connectivity index (χ2v) is 8.12. The second-order valence-electron chi connectivity index (χ2n) is 7.21. The van der Waals surface area contributed by atoms with Crippen molar-refractivity contribution in [3.63, 3.8) is 0 Å². The van der Waals surface area contributed by atoms with E-state index in [4.69, 9.17) is 9.47 Å². The molecule has 3 aromatic rings. The molecule has 0 saturated heterocycles. The molecule has 5 heteroatoms. The molecule has 0 bridgehead atoms. The van der Waals surface area contributed by atoms with Gasteiger partial charge in [0.25, 0.3) is 0 Å². The van der Waals surface area contributed by atoms with Crippen molar-refractivity contribution in [2.24, 2.45) is 5.92 Å². The summed E-state index contributed by atoms with van der Waals surface area (Å²) >= 11 is 3.50. The molecule has 136 valence electrons. The summed E-state index contributed by atoms with van der Waals surface area (Å²) in [6, 6.07) is 16.2. The summed E-state index contributed by atoms with van der Waals surface area (Å²) in [6.45, 7) is 2.38. The highest BCUT2D eigenvalue weighted by Gasteiger charge is 2.29. The topological polar surface area (TPSA) is 40.5 Å². The SMILES string of the molecule is C[C@H]1CC(=O)c2cc(-c3ccc(Br)cc3)n(-c3ccc4c(c3)OCO4)c2C1. The minimum Gasteiger partial charge on any atom is -0.454 e. The Morgan fingerprint density at radius 1 is 1.00 bits per heavy atom. The predicted octanol–water partition coefficient (Wildman–Crippen LogP) is 5.40. The predicted molar refractivity (Wildman–Crippen MR) is 107 cm³/mol. The fourth-order valence-corrected chi connectivity index (χ4v) is 4.24. The molecule has 2 aliphatic rings. The van der Waals surface area contributed by atoms with E-state index in [2.05, 4.69) is 39.6 Å². The number of carbonyl (C=O) groups excluding carboxylic acids is 1. The van der Waals surface area contributed by atoms with Gasteiger partial charge >= 0.3 is 0 Å². The standard InChI is InChI=1S/C22H18BrNO3/c1-13-8-19-17(20(25)9-13)11-18(14-2-4-15(23)5-3-14)24(19)16-6-7-21-22(10-16)27-12-26-21/h2-7,10-11,13H,8-9,12H2,1H3/t13-/m1/s1. The van der Waals surface area contributed by atoms with Crippen molar-refractivity contribution in [2.45, 2.75) is 19.8 Å². The summed E-state index contributed by atoms with van der Waals surface area (Å²) in [6.07, 6.45) is 1.49. The number of nitrogens with zero attached hydrogens (tertiary/aromatic N) is 1. The molecule has 1 aliphatic heterocycles.